The predicted octanol–water partition coefficient (Wildman–Crippen LogP) is 2.26. The fourth-order valence-corrected chi connectivity index (χ4v) is 5.14. The molecule has 25 heavy (non-hydrogen) atoms. The van der Waals surface area contributed by atoms with Crippen molar-refractivity contribution < 1.29 is 13.5 Å². The van der Waals surface area contributed by atoms with Crippen LogP contribution in [0.3, 0.4) is 0 Å². The van der Waals surface area contributed by atoms with Gasteiger partial charge in [-0.3, -0.25) is 0 Å². The minimum Gasteiger partial charge on any atom is -0.386 e. The van der Waals surface area contributed by atoms with Crippen LogP contribution >= 0.6 is 0 Å². The van der Waals surface area contributed by atoms with Crippen LogP contribution in [0, 0.1) is 11.3 Å². The summed E-state index contributed by atoms with van der Waals surface area (Å²) >= 11 is 0. The molecule has 0 saturated carbocycles. The van der Waals surface area contributed by atoms with Crippen molar-refractivity contribution in [3.63, 3.8) is 0 Å². The van der Waals surface area contributed by atoms with Gasteiger partial charge in [-0.15, -0.1) is 0 Å². The molecule has 0 spiro atoms. The van der Waals surface area contributed by atoms with Crippen LogP contribution in [0.1, 0.15) is 30.0 Å². The molecule has 0 amide bonds. The summed E-state index contributed by atoms with van der Waals surface area (Å²) in [4.78, 5) is 0.0725. The van der Waals surface area contributed by atoms with Crippen LogP contribution in [0.15, 0.2) is 41.3 Å². The third-order valence-electron chi connectivity index (χ3n) is 4.50. The summed E-state index contributed by atoms with van der Waals surface area (Å²) in [5, 5.41) is 23.8. The number of rotatable bonds is 2. The van der Waals surface area contributed by atoms with Gasteiger partial charge < -0.3 is 5.11 Å². The standard InChI is InChI=1S/C18H15N3O3S/c1-2-13-6-7-14-16(12-5-3-4-11(8-12)9-19)18-17(20-21(13)14)15(22)10-25(18,23)24/h3-8,15,22H,2,10H2,1H3. The van der Waals surface area contributed by atoms with Gasteiger partial charge in [0, 0.05) is 11.3 Å². The van der Waals surface area contributed by atoms with Gasteiger partial charge in [-0.2, -0.15) is 10.4 Å². The molecule has 0 radical (unpaired) electrons. The molecule has 1 aromatic carbocycles. The molecule has 0 bridgehead atoms. The number of aliphatic hydroxyl groups is 1. The molecule has 3 aromatic rings. The van der Waals surface area contributed by atoms with Crippen LogP contribution in [-0.4, -0.2) is 28.9 Å². The van der Waals surface area contributed by atoms with E-state index < -0.39 is 15.9 Å². The molecule has 4 rings (SSSR count). The van der Waals surface area contributed by atoms with E-state index in [1.807, 2.05) is 19.1 Å². The van der Waals surface area contributed by atoms with Crippen molar-refractivity contribution in [3.05, 3.63) is 53.3 Å². The number of aryl methyl sites for hydroxylation is 1. The Morgan fingerprint density at radius 3 is 2.88 bits per heavy atom. The molecule has 1 unspecified atom stereocenters. The smallest absolute Gasteiger partial charge is 0.183 e. The minimum absolute atomic E-state index is 0.0725. The molecule has 0 aliphatic carbocycles. The largest absolute Gasteiger partial charge is 0.386 e. The van der Waals surface area contributed by atoms with Crippen molar-refractivity contribution in [3.8, 4) is 17.2 Å². The lowest BCUT2D eigenvalue weighted by atomic mass is 10.0. The first-order chi connectivity index (χ1) is 12.0. The molecule has 1 aliphatic rings. The molecule has 1 atom stereocenters. The Morgan fingerprint density at radius 2 is 2.16 bits per heavy atom. The van der Waals surface area contributed by atoms with Crippen LogP contribution < -0.4 is 0 Å². The first-order valence-electron chi connectivity index (χ1n) is 7.92. The van der Waals surface area contributed by atoms with Crippen LogP contribution in [0.2, 0.25) is 0 Å². The highest BCUT2D eigenvalue weighted by Gasteiger charge is 2.39. The molecule has 3 heterocycles. The van der Waals surface area contributed by atoms with Gasteiger partial charge in [0.2, 0.25) is 0 Å². The van der Waals surface area contributed by atoms with Crippen molar-refractivity contribution in [1.82, 2.24) is 9.61 Å². The fourth-order valence-electron chi connectivity index (χ4n) is 3.37. The van der Waals surface area contributed by atoms with Crippen molar-refractivity contribution in [1.29, 1.82) is 5.26 Å². The summed E-state index contributed by atoms with van der Waals surface area (Å²) in [6.07, 6.45) is -0.421. The van der Waals surface area contributed by atoms with E-state index in [1.165, 1.54) is 0 Å². The highest BCUT2D eigenvalue weighted by atomic mass is 32.2. The van der Waals surface area contributed by atoms with Crippen molar-refractivity contribution in [2.75, 3.05) is 5.75 Å². The highest BCUT2D eigenvalue weighted by molar-refractivity contribution is 7.92. The van der Waals surface area contributed by atoms with Crippen LogP contribution in [0.25, 0.3) is 16.6 Å². The molecule has 0 fully saturated rings. The zero-order chi connectivity index (χ0) is 17.8. The van der Waals surface area contributed by atoms with Crippen molar-refractivity contribution in [2.24, 2.45) is 0 Å². The quantitative estimate of drug-likeness (QED) is 0.762. The maximum atomic E-state index is 12.7. The molecular weight excluding hydrogens is 338 g/mol. The molecule has 0 saturated heterocycles. The third-order valence-corrected chi connectivity index (χ3v) is 6.29. The van der Waals surface area contributed by atoms with E-state index in [-0.39, 0.29) is 16.3 Å². The van der Waals surface area contributed by atoms with Gasteiger partial charge in [0.15, 0.2) is 9.84 Å². The summed E-state index contributed by atoms with van der Waals surface area (Å²) < 4.78 is 27.0. The molecular formula is C18H15N3O3S. The molecule has 7 heteroatoms. The van der Waals surface area contributed by atoms with Crippen molar-refractivity contribution >= 4 is 15.4 Å². The molecule has 126 valence electrons. The Balaban J connectivity index is 2.19. The Hall–Kier alpha value is -2.69. The third kappa shape index (κ3) is 2.26. The number of hydrogen-bond acceptors (Lipinski definition) is 5. The van der Waals surface area contributed by atoms with Crippen LogP contribution in [0.5, 0.6) is 0 Å². The number of aromatic nitrogens is 2. The summed E-state index contributed by atoms with van der Waals surface area (Å²) in [5.74, 6) is -0.366. The van der Waals surface area contributed by atoms with Gasteiger partial charge in [-0.25, -0.2) is 12.9 Å². The first-order valence-corrected chi connectivity index (χ1v) is 9.57. The predicted molar refractivity (Wildman–Crippen MR) is 91.7 cm³/mol. The normalized spacial score (nSPS) is 18.2. The fraction of sp³-hybridized carbons (Fsp3) is 0.222. The second-order valence-corrected chi connectivity index (χ2v) is 8.03. The second kappa shape index (κ2) is 5.41. The van der Waals surface area contributed by atoms with Gasteiger partial charge in [0.1, 0.15) is 16.7 Å². The van der Waals surface area contributed by atoms with E-state index in [2.05, 4.69) is 11.2 Å². The van der Waals surface area contributed by atoms with Gasteiger partial charge in [-0.1, -0.05) is 19.1 Å². The SMILES string of the molecule is CCc1ccc2c(-c3cccc(C#N)c3)c3c(nn12)C(O)CS3(=O)=O. The van der Waals surface area contributed by atoms with E-state index in [4.69, 9.17) is 0 Å². The molecule has 1 N–H and O–H groups in total. The van der Waals surface area contributed by atoms with Gasteiger partial charge in [0.05, 0.1) is 22.9 Å². The summed E-state index contributed by atoms with van der Waals surface area (Å²) in [6, 6.07) is 12.6. The lowest BCUT2D eigenvalue weighted by molar-refractivity contribution is 0.197. The number of hydrogen-bond donors (Lipinski definition) is 1. The first kappa shape index (κ1) is 15.8. The number of benzene rings is 1. The summed E-state index contributed by atoms with van der Waals surface area (Å²) in [6.45, 7) is 1.99. The number of aliphatic hydroxyl groups excluding tert-OH is 1. The van der Waals surface area contributed by atoms with Crippen LogP contribution in [0.4, 0.5) is 0 Å². The van der Waals surface area contributed by atoms with E-state index in [9.17, 15) is 18.8 Å². The summed E-state index contributed by atoms with van der Waals surface area (Å²) in [5.41, 5.74) is 3.32. The molecule has 2 aromatic heterocycles. The van der Waals surface area contributed by atoms with Crippen LogP contribution in [-0.2, 0) is 16.3 Å². The zero-order valence-corrected chi connectivity index (χ0v) is 14.3. The summed E-state index contributed by atoms with van der Waals surface area (Å²) in [7, 11) is -3.65. The monoisotopic (exact) mass is 353 g/mol. The van der Waals surface area contributed by atoms with Crippen molar-refractivity contribution in [2.45, 2.75) is 24.3 Å². The molecule has 1 aliphatic heterocycles. The Bertz CT molecular complexity index is 1160. The van der Waals surface area contributed by atoms with E-state index >= 15 is 0 Å². The minimum atomic E-state index is -3.65. The Kier molecular flexibility index (Phi) is 3.42. The number of nitrogens with zero attached hydrogens (tertiary/aromatic N) is 3. The van der Waals surface area contributed by atoms with Gasteiger partial charge in [0.25, 0.3) is 0 Å². The maximum Gasteiger partial charge on any atom is 0.183 e. The Labute approximate surface area is 144 Å². The average Bonchev–Trinajstić information content (AvgIpc) is 3.11. The topological polar surface area (TPSA) is 95.5 Å². The second-order valence-electron chi connectivity index (χ2n) is 6.05. The lowest BCUT2D eigenvalue weighted by Gasteiger charge is -2.12. The number of sulfone groups is 1. The van der Waals surface area contributed by atoms with E-state index in [0.717, 1.165) is 12.1 Å². The van der Waals surface area contributed by atoms with Gasteiger partial charge >= 0.3 is 0 Å². The van der Waals surface area contributed by atoms with E-state index in [1.54, 1.807) is 28.8 Å². The Morgan fingerprint density at radius 1 is 1.36 bits per heavy atom. The number of fused-ring (bicyclic) bond motifs is 2. The molecule has 6 nitrogen and oxygen atoms in total. The van der Waals surface area contributed by atoms with E-state index in [0.29, 0.717) is 22.2 Å². The maximum absolute atomic E-state index is 12.7. The zero-order valence-electron chi connectivity index (χ0n) is 13.5. The average molecular weight is 353 g/mol. The number of nitriles is 1. The highest BCUT2D eigenvalue weighted by Crippen LogP contribution is 2.41. The lowest BCUT2D eigenvalue weighted by Crippen LogP contribution is -2.06. The van der Waals surface area contributed by atoms with Gasteiger partial charge in [-0.05, 0) is 36.2 Å².